The summed E-state index contributed by atoms with van der Waals surface area (Å²) in [5.74, 6) is -0.0379. The van der Waals surface area contributed by atoms with Gasteiger partial charge in [0, 0.05) is 12.5 Å². The van der Waals surface area contributed by atoms with Gasteiger partial charge in [0.05, 0.1) is 0 Å². The summed E-state index contributed by atoms with van der Waals surface area (Å²) < 4.78 is 4.86. The first-order chi connectivity index (χ1) is 5.72. The van der Waals surface area contributed by atoms with Gasteiger partial charge in [0.2, 0.25) is 0 Å². The van der Waals surface area contributed by atoms with Crippen LogP contribution in [0.5, 0.6) is 0 Å². The lowest BCUT2D eigenvalue weighted by atomic mass is 10.1. The summed E-state index contributed by atoms with van der Waals surface area (Å²) in [6, 6.07) is 0. The second-order valence-electron chi connectivity index (χ2n) is 2.83. The Kier molecular flexibility index (Phi) is 3.02. The molecule has 0 aliphatic carbocycles. The number of hydrogen-bond acceptors (Lipinski definition) is 3. The van der Waals surface area contributed by atoms with Crippen molar-refractivity contribution in [1.29, 1.82) is 0 Å². The van der Waals surface area contributed by atoms with E-state index in [2.05, 4.69) is 0 Å². The molecule has 3 heteroatoms. The minimum absolute atomic E-state index is 0.102. The molecule has 1 aliphatic heterocycles. The number of ketones is 1. The lowest BCUT2D eigenvalue weighted by Crippen LogP contribution is -2.15. The van der Waals surface area contributed by atoms with Crippen molar-refractivity contribution >= 4 is 11.8 Å². The first-order valence-electron chi connectivity index (χ1n) is 4.16. The third-order valence-corrected chi connectivity index (χ3v) is 1.66. The van der Waals surface area contributed by atoms with Gasteiger partial charge in [0.15, 0.2) is 5.78 Å². The van der Waals surface area contributed by atoms with E-state index in [1.54, 1.807) is 0 Å². The van der Waals surface area contributed by atoms with E-state index in [1.165, 1.54) is 6.08 Å². The Hall–Kier alpha value is -1.12. The number of ether oxygens (including phenoxy) is 1. The van der Waals surface area contributed by atoms with Gasteiger partial charge < -0.3 is 4.74 Å². The molecule has 1 heterocycles. The smallest absolute Gasteiger partial charge is 0.318 e. The second kappa shape index (κ2) is 4.04. The lowest BCUT2D eigenvalue weighted by molar-refractivity contribution is -0.143. The van der Waals surface area contributed by atoms with Crippen LogP contribution in [0.4, 0.5) is 0 Å². The molecule has 0 spiro atoms. The molecule has 0 amide bonds. The average molecular weight is 168 g/mol. The zero-order valence-corrected chi connectivity index (χ0v) is 7.13. The second-order valence-corrected chi connectivity index (χ2v) is 2.83. The number of carbonyl (C=O) groups excluding carboxylic acids is 2. The van der Waals surface area contributed by atoms with Crippen LogP contribution < -0.4 is 0 Å². The van der Waals surface area contributed by atoms with Crippen LogP contribution in [0.25, 0.3) is 0 Å². The summed E-state index contributed by atoms with van der Waals surface area (Å²) >= 11 is 0. The van der Waals surface area contributed by atoms with E-state index >= 15 is 0 Å². The highest BCUT2D eigenvalue weighted by atomic mass is 16.5. The first-order valence-corrected chi connectivity index (χ1v) is 4.16. The van der Waals surface area contributed by atoms with Crippen LogP contribution in [0.2, 0.25) is 0 Å². The van der Waals surface area contributed by atoms with Gasteiger partial charge in [-0.2, -0.15) is 0 Å². The molecular weight excluding hydrogens is 156 g/mol. The number of unbranched alkanes of at least 4 members (excludes halogenated alkanes) is 1. The quantitative estimate of drug-likeness (QED) is 0.474. The molecule has 12 heavy (non-hydrogen) atoms. The predicted molar refractivity (Wildman–Crippen MR) is 43.3 cm³/mol. The first kappa shape index (κ1) is 8.97. The standard InChI is InChI=1S/C9H12O3/c1-2-3-4-8-5-7(10)6-9(11)12-8/h5H,2-4,6H2,1H3. The molecule has 0 saturated heterocycles. The number of cyclic esters (lactones) is 1. The number of allylic oxidation sites excluding steroid dienone is 2. The highest BCUT2D eigenvalue weighted by Gasteiger charge is 2.17. The molecular formula is C9H12O3. The fourth-order valence-corrected chi connectivity index (χ4v) is 1.06. The Morgan fingerprint density at radius 1 is 1.50 bits per heavy atom. The van der Waals surface area contributed by atoms with Crippen molar-refractivity contribution in [1.82, 2.24) is 0 Å². The van der Waals surface area contributed by atoms with Gasteiger partial charge in [-0.05, 0) is 6.42 Å². The van der Waals surface area contributed by atoms with Gasteiger partial charge in [0.25, 0.3) is 0 Å². The largest absolute Gasteiger partial charge is 0.431 e. The maximum atomic E-state index is 10.9. The fraction of sp³-hybridized carbons (Fsp3) is 0.556. The lowest BCUT2D eigenvalue weighted by Gasteiger charge is -2.11. The average Bonchev–Trinajstić information content (AvgIpc) is 1.99. The molecule has 1 aliphatic rings. The van der Waals surface area contributed by atoms with Crippen LogP contribution in [0.1, 0.15) is 32.6 Å². The van der Waals surface area contributed by atoms with Crippen molar-refractivity contribution in [3.8, 4) is 0 Å². The van der Waals surface area contributed by atoms with Gasteiger partial charge in [0.1, 0.15) is 12.2 Å². The topological polar surface area (TPSA) is 43.4 Å². The van der Waals surface area contributed by atoms with Crippen LogP contribution in [0.15, 0.2) is 11.8 Å². The third-order valence-electron chi connectivity index (χ3n) is 1.66. The molecule has 0 saturated carbocycles. The van der Waals surface area contributed by atoms with Crippen molar-refractivity contribution in [2.45, 2.75) is 32.6 Å². The Morgan fingerprint density at radius 2 is 2.25 bits per heavy atom. The van der Waals surface area contributed by atoms with E-state index in [1.807, 2.05) is 6.92 Å². The Labute approximate surface area is 71.4 Å². The molecule has 0 radical (unpaired) electrons. The maximum Gasteiger partial charge on any atom is 0.318 e. The van der Waals surface area contributed by atoms with E-state index in [-0.39, 0.29) is 12.2 Å². The van der Waals surface area contributed by atoms with Crippen molar-refractivity contribution in [2.24, 2.45) is 0 Å². The Bertz CT molecular complexity index is 228. The number of carbonyl (C=O) groups is 2. The highest BCUT2D eigenvalue weighted by molar-refractivity contribution is 6.04. The fourth-order valence-electron chi connectivity index (χ4n) is 1.06. The number of hydrogen-bond donors (Lipinski definition) is 0. The van der Waals surface area contributed by atoms with E-state index in [4.69, 9.17) is 4.74 Å². The molecule has 0 bridgehead atoms. The minimum Gasteiger partial charge on any atom is -0.431 e. The van der Waals surface area contributed by atoms with Gasteiger partial charge >= 0.3 is 5.97 Å². The van der Waals surface area contributed by atoms with Crippen molar-refractivity contribution in [3.63, 3.8) is 0 Å². The summed E-state index contributed by atoms with van der Waals surface area (Å²) in [5, 5.41) is 0. The molecule has 0 aromatic heterocycles. The van der Waals surface area contributed by atoms with Crippen LogP contribution >= 0.6 is 0 Å². The Morgan fingerprint density at radius 3 is 2.83 bits per heavy atom. The van der Waals surface area contributed by atoms with Crippen LogP contribution in [-0.2, 0) is 14.3 Å². The zero-order chi connectivity index (χ0) is 8.97. The van der Waals surface area contributed by atoms with Gasteiger partial charge in [-0.15, -0.1) is 0 Å². The summed E-state index contributed by atoms with van der Waals surface area (Å²) in [6.45, 7) is 2.05. The van der Waals surface area contributed by atoms with Crippen LogP contribution in [-0.4, -0.2) is 11.8 Å². The third kappa shape index (κ3) is 2.49. The molecule has 0 atom stereocenters. The molecule has 0 aromatic carbocycles. The summed E-state index contributed by atoms with van der Waals surface area (Å²) in [5.41, 5.74) is 0. The normalized spacial score (nSPS) is 17.2. The van der Waals surface area contributed by atoms with E-state index in [0.717, 1.165) is 12.8 Å². The predicted octanol–water partition coefficient (Wildman–Crippen LogP) is 1.58. The van der Waals surface area contributed by atoms with Crippen molar-refractivity contribution in [3.05, 3.63) is 11.8 Å². The van der Waals surface area contributed by atoms with Gasteiger partial charge in [-0.25, -0.2) is 0 Å². The molecule has 1 rings (SSSR count). The number of rotatable bonds is 3. The van der Waals surface area contributed by atoms with E-state index < -0.39 is 5.97 Å². The van der Waals surface area contributed by atoms with E-state index in [0.29, 0.717) is 12.2 Å². The van der Waals surface area contributed by atoms with Crippen LogP contribution in [0, 0.1) is 0 Å². The minimum atomic E-state index is -0.423. The zero-order valence-electron chi connectivity index (χ0n) is 7.13. The summed E-state index contributed by atoms with van der Waals surface area (Å²) in [7, 11) is 0. The Balaban J connectivity index is 2.52. The summed E-state index contributed by atoms with van der Waals surface area (Å²) in [4.78, 5) is 21.6. The monoisotopic (exact) mass is 168 g/mol. The molecule has 0 fully saturated rings. The van der Waals surface area contributed by atoms with Gasteiger partial charge in [-0.1, -0.05) is 13.3 Å². The van der Waals surface area contributed by atoms with Crippen molar-refractivity contribution < 1.29 is 14.3 Å². The molecule has 3 nitrogen and oxygen atoms in total. The molecule has 0 aromatic rings. The molecule has 0 N–H and O–H groups in total. The summed E-state index contributed by atoms with van der Waals surface area (Å²) in [6.07, 6.45) is 4.00. The molecule has 66 valence electrons. The van der Waals surface area contributed by atoms with Gasteiger partial charge in [-0.3, -0.25) is 9.59 Å². The van der Waals surface area contributed by atoms with Crippen molar-refractivity contribution in [2.75, 3.05) is 0 Å². The van der Waals surface area contributed by atoms with Crippen LogP contribution in [0.3, 0.4) is 0 Å². The van der Waals surface area contributed by atoms with E-state index in [9.17, 15) is 9.59 Å². The number of esters is 1. The molecule has 0 unspecified atom stereocenters. The highest BCUT2D eigenvalue weighted by Crippen LogP contribution is 2.14. The SMILES string of the molecule is CCCCC1=CC(=O)CC(=O)O1. The maximum absolute atomic E-state index is 10.9.